The highest BCUT2D eigenvalue weighted by atomic mass is 16.6. The van der Waals surface area contributed by atoms with Crippen LogP contribution in [0.5, 0.6) is 11.5 Å². The number of carbonyl (C=O) groups is 1. The normalized spacial score (nSPS) is 11.8. The summed E-state index contributed by atoms with van der Waals surface area (Å²) in [5.74, 6) is -0.953. The maximum absolute atomic E-state index is 11.7. The van der Waals surface area contributed by atoms with Crippen LogP contribution in [0.25, 0.3) is 0 Å². The third-order valence-corrected chi connectivity index (χ3v) is 2.41. The van der Waals surface area contributed by atoms with Gasteiger partial charge in [-0.2, -0.15) is 0 Å². The molecule has 18 heavy (non-hydrogen) atoms. The Labute approximate surface area is 104 Å². The molecule has 2 aromatic carbocycles. The lowest BCUT2D eigenvalue weighted by Crippen LogP contribution is -2.18. The van der Waals surface area contributed by atoms with Gasteiger partial charge in [-0.15, -0.1) is 0 Å². The molecule has 2 N–H and O–H groups in total. The first kappa shape index (κ1) is 12.1. The maximum Gasteiger partial charge on any atom is 0.345 e. The molecule has 0 radical (unpaired) electrons. The molecule has 0 aliphatic rings. The summed E-state index contributed by atoms with van der Waals surface area (Å²) in [6.45, 7) is 0. The fraction of sp³-hybridized carbons (Fsp3) is 0.0714. The van der Waals surface area contributed by atoms with Crippen LogP contribution in [0.4, 0.5) is 0 Å². The van der Waals surface area contributed by atoms with E-state index in [1.807, 2.05) is 0 Å². The molecule has 0 aliphatic carbocycles. The third kappa shape index (κ3) is 2.67. The predicted octanol–water partition coefficient (Wildman–Crippen LogP) is 2.03. The summed E-state index contributed by atoms with van der Waals surface area (Å²) in [5.41, 5.74) is 0.443. The second-order valence-electron chi connectivity index (χ2n) is 3.70. The van der Waals surface area contributed by atoms with Crippen molar-refractivity contribution in [3.8, 4) is 11.5 Å². The summed E-state index contributed by atoms with van der Waals surface area (Å²) in [4.78, 5) is 11.7. The number of aromatic hydroxyl groups is 1. The van der Waals surface area contributed by atoms with Gasteiger partial charge >= 0.3 is 5.97 Å². The third-order valence-electron chi connectivity index (χ3n) is 2.41. The quantitative estimate of drug-likeness (QED) is 0.640. The first-order valence-corrected chi connectivity index (χ1v) is 5.41. The fourth-order valence-electron chi connectivity index (χ4n) is 1.48. The summed E-state index contributed by atoms with van der Waals surface area (Å²) in [7, 11) is 0. The Morgan fingerprint density at radius 3 is 2.28 bits per heavy atom. The number of esters is 1. The number of ether oxygens (including phenoxy) is 1. The van der Waals surface area contributed by atoms with E-state index < -0.39 is 12.1 Å². The molecule has 0 aromatic heterocycles. The van der Waals surface area contributed by atoms with E-state index in [2.05, 4.69) is 0 Å². The van der Waals surface area contributed by atoms with Gasteiger partial charge in [-0.3, -0.25) is 0 Å². The molecule has 1 unspecified atom stereocenters. The summed E-state index contributed by atoms with van der Waals surface area (Å²) in [5, 5.41) is 19.2. The molecule has 0 spiro atoms. The minimum Gasteiger partial charge on any atom is -0.504 e. The number of aliphatic hydroxyl groups is 1. The number of hydrogen-bond acceptors (Lipinski definition) is 4. The van der Waals surface area contributed by atoms with Crippen LogP contribution in [0, 0.1) is 0 Å². The first-order chi connectivity index (χ1) is 8.68. The zero-order valence-electron chi connectivity index (χ0n) is 9.48. The molecule has 0 saturated heterocycles. The van der Waals surface area contributed by atoms with Gasteiger partial charge in [0.1, 0.15) is 0 Å². The van der Waals surface area contributed by atoms with Crippen molar-refractivity contribution >= 4 is 5.97 Å². The summed E-state index contributed by atoms with van der Waals surface area (Å²) < 4.78 is 4.92. The van der Waals surface area contributed by atoms with Crippen LogP contribution in [0.2, 0.25) is 0 Å². The van der Waals surface area contributed by atoms with E-state index >= 15 is 0 Å². The molecular formula is C14H12O4. The number of rotatable bonds is 3. The van der Waals surface area contributed by atoms with Crippen molar-refractivity contribution in [2.24, 2.45) is 0 Å². The number of carbonyl (C=O) groups excluding carboxylic acids is 1. The Bertz CT molecular complexity index is 537. The Hall–Kier alpha value is -2.33. The smallest absolute Gasteiger partial charge is 0.345 e. The van der Waals surface area contributed by atoms with Crippen molar-refractivity contribution in [3.63, 3.8) is 0 Å². The number of para-hydroxylation sites is 2. The lowest BCUT2D eigenvalue weighted by molar-refractivity contribution is -0.144. The molecule has 0 fully saturated rings. The monoisotopic (exact) mass is 244 g/mol. The molecule has 0 saturated carbocycles. The van der Waals surface area contributed by atoms with Crippen molar-refractivity contribution in [3.05, 3.63) is 60.2 Å². The van der Waals surface area contributed by atoms with E-state index in [0.29, 0.717) is 5.56 Å². The maximum atomic E-state index is 11.7. The largest absolute Gasteiger partial charge is 0.504 e. The fourth-order valence-corrected chi connectivity index (χ4v) is 1.48. The van der Waals surface area contributed by atoms with Crippen molar-refractivity contribution < 1.29 is 19.7 Å². The van der Waals surface area contributed by atoms with Gasteiger partial charge in [0.25, 0.3) is 0 Å². The second kappa shape index (κ2) is 5.33. The number of phenolic OH excluding ortho intramolecular Hbond substituents is 1. The molecule has 1 atom stereocenters. The molecule has 4 nitrogen and oxygen atoms in total. The van der Waals surface area contributed by atoms with Crippen LogP contribution >= 0.6 is 0 Å². The number of benzene rings is 2. The Kier molecular flexibility index (Phi) is 3.60. The number of aliphatic hydroxyl groups excluding tert-OH is 1. The standard InChI is InChI=1S/C14H12O4/c15-11-8-4-5-9-12(11)18-14(17)13(16)10-6-2-1-3-7-10/h1-9,13,15-16H. The van der Waals surface area contributed by atoms with Crippen LogP contribution in [-0.4, -0.2) is 16.2 Å². The summed E-state index contributed by atoms with van der Waals surface area (Å²) >= 11 is 0. The molecule has 0 amide bonds. The van der Waals surface area contributed by atoms with Crippen molar-refractivity contribution in [1.29, 1.82) is 0 Å². The highest BCUT2D eigenvalue weighted by molar-refractivity contribution is 5.79. The lowest BCUT2D eigenvalue weighted by atomic mass is 10.1. The van der Waals surface area contributed by atoms with Crippen molar-refractivity contribution in [2.75, 3.05) is 0 Å². The highest BCUT2D eigenvalue weighted by Gasteiger charge is 2.20. The van der Waals surface area contributed by atoms with E-state index in [1.54, 1.807) is 42.5 Å². The summed E-state index contributed by atoms with van der Waals surface area (Å²) in [6, 6.07) is 14.5. The van der Waals surface area contributed by atoms with E-state index in [1.165, 1.54) is 12.1 Å². The van der Waals surface area contributed by atoms with E-state index in [0.717, 1.165) is 0 Å². The van der Waals surface area contributed by atoms with Gasteiger partial charge in [0.2, 0.25) is 0 Å². The molecule has 4 heteroatoms. The van der Waals surface area contributed by atoms with Gasteiger partial charge in [0.05, 0.1) is 0 Å². The molecule has 0 aliphatic heterocycles. The van der Waals surface area contributed by atoms with Crippen LogP contribution in [-0.2, 0) is 4.79 Å². The van der Waals surface area contributed by atoms with E-state index in [9.17, 15) is 15.0 Å². The van der Waals surface area contributed by atoms with Crippen LogP contribution < -0.4 is 4.74 Å². The minimum atomic E-state index is -1.37. The van der Waals surface area contributed by atoms with Crippen LogP contribution in [0.15, 0.2) is 54.6 Å². The topological polar surface area (TPSA) is 66.8 Å². The molecular weight excluding hydrogens is 232 g/mol. The van der Waals surface area contributed by atoms with Crippen molar-refractivity contribution in [2.45, 2.75) is 6.10 Å². The molecule has 0 bridgehead atoms. The Morgan fingerprint density at radius 1 is 1.00 bits per heavy atom. The van der Waals surface area contributed by atoms with Gasteiger partial charge < -0.3 is 14.9 Å². The summed E-state index contributed by atoms with van der Waals surface area (Å²) in [6.07, 6.45) is -1.37. The average molecular weight is 244 g/mol. The molecule has 2 rings (SSSR count). The zero-order chi connectivity index (χ0) is 13.0. The van der Waals surface area contributed by atoms with E-state index in [4.69, 9.17) is 4.74 Å². The first-order valence-electron chi connectivity index (χ1n) is 5.41. The average Bonchev–Trinajstić information content (AvgIpc) is 2.41. The van der Waals surface area contributed by atoms with Gasteiger partial charge in [-0.05, 0) is 17.7 Å². The van der Waals surface area contributed by atoms with Crippen LogP contribution in [0.3, 0.4) is 0 Å². The zero-order valence-corrected chi connectivity index (χ0v) is 9.48. The predicted molar refractivity (Wildman–Crippen MR) is 65.1 cm³/mol. The van der Waals surface area contributed by atoms with Crippen LogP contribution in [0.1, 0.15) is 11.7 Å². The van der Waals surface area contributed by atoms with Gasteiger partial charge in [0, 0.05) is 0 Å². The molecule has 2 aromatic rings. The Balaban J connectivity index is 2.12. The molecule has 92 valence electrons. The van der Waals surface area contributed by atoms with E-state index in [-0.39, 0.29) is 11.5 Å². The second-order valence-corrected chi connectivity index (χ2v) is 3.70. The number of phenols is 1. The number of hydrogen-bond donors (Lipinski definition) is 2. The van der Waals surface area contributed by atoms with Gasteiger partial charge in [-0.1, -0.05) is 42.5 Å². The highest BCUT2D eigenvalue weighted by Crippen LogP contribution is 2.26. The Morgan fingerprint density at radius 2 is 1.61 bits per heavy atom. The molecule has 0 heterocycles. The van der Waals surface area contributed by atoms with Gasteiger partial charge in [-0.25, -0.2) is 4.79 Å². The SMILES string of the molecule is O=C(Oc1ccccc1O)C(O)c1ccccc1. The lowest BCUT2D eigenvalue weighted by Gasteiger charge is -2.11. The van der Waals surface area contributed by atoms with Crippen molar-refractivity contribution in [1.82, 2.24) is 0 Å². The minimum absolute atomic E-state index is 0.0254. The van der Waals surface area contributed by atoms with Gasteiger partial charge in [0.15, 0.2) is 17.6 Å².